The maximum atomic E-state index is 12.3. The smallest absolute Gasteiger partial charge is 0.244 e. The molecule has 0 aliphatic heterocycles. The zero-order valence-corrected chi connectivity index (χ0v) is 18.0. The molecule has 7 nitrogen and oxygen atoms in total. The van der Waals surface area contributed by atoms with Crippen molar-refractivity contribution in [2.45, 2.75) is 20.3 Å². The van der Waals surface area contributed by atoms with E-state index in [2.05, 4.69) is 15.6 Å². The number of hydrazone groups is 1. The molecule has 2 aromatic carbocycles. The molecular formula is C25H24N4O3. The highest BCUT2D eigenvalue weighted by Gasteiger charge is 2.14. The minimum Gasteiger partial charge on any atom is -0.494 e. The Morgan fingerprint density at radius 3 is 2.59 bits per heavy atom. The molecule has 7 heteroatoms. The topological polar surface area (TPSA) is 81.6 Å². The first-order valence-corrected chi connectivity index (χ1v) is 10.4. The molecule has 32 heavy (non-hydrogen) atoms. The number of aromatic nitrogens is 2. The van der Waals surface area contributed by atoms with Gasteiger partial charge in [0.05, 0.1) is 24.9 Å². The van der Waals surface area contributed by atoms with E-state index in [1.54, 1.807) is 10.9 Å². The van der Waals surface area contributed by atoms with Gasteiger partial charge in [0, 0.05) is 11.8 Å². The van der Waals surface area contributed by atoms with Crippen LogP contribution in [0.1, 0.15) is 23.8 Å². The predicted molar refractivity (Wildman–Crippen MR) is 123 cm³/mol. The van der Waals surface area contributed by atoms with Gasteiger partial charge in [-0.15, -0.1) is 0 Å². The summed E-state index contributed by atoms with van der Waals surface area (Å²) in [5, 5.41) is 8.80. The van der Waals surface area contributed by atoms with Gasteiger partial charge in [-0.05, 0) is 55.8 Å². The molecule has 162 valence electrons. The fourth-order valence-electron chi connectivity index (χ4n) is 3.22. The third-order valence-electron chi connectivity index (χ3n) is 4.73. The molecule has 2 heterocycles. The lowest BCUT2D eigenvalue weighted by molar-refractivity contribution is -0.120. The Hall–Kier alpha value is -4.13. The van der Waals surface area contributed by atoms with E-state index in [1.165, 1.54) is 0 Å². The largest absolute Gasteiger partial charge is 0.494 e. The third kappa shape index (κ3) is 5.13. The van der Waals surface area contributed by atoms with Crippen LogP contribution < -0.4 is 10.2 Å². The second-order valence-electron chi connectivity index (χ2n) is 7.17. The zero-order valence-electron chi connectivity index (χ0n) is 18.0. The van der Waals surface area contributed by atoms with Crippen molar-refractivity contribution in [2.75, 3.05) is 6.61 Å². The van der Waals surface area contributed by atoms with Crippen LogP contribution in [0.15, 0.2) is 82.4 Å². The number of rotatable bonds is 8. The summed E-state index contributed by atoms with van der Waals surface area (Å²) < 4.78 is 12.9. The van der Waals surface area contributed by atoms with Gasteiger partial charge in [-0.1, -0.05) is 30.3 Å². The summed E-state index contributed by atoms with van der Waals surface area (Å²) in [6, 6.07) is 21.0. The molecule has 0 bridgehead atoms. The molecule has 0 spiro atoms. The molecule has 1 amide bonds. The van der Waals surface area contributed by atoms with Gasteiger partial charge in [0.15, 0.2) is 5.76 Å². The summed E-state index contributed by atoms with van der Waals surface area (Å²) in [5.41, 5.74) is 5.75. The number of hydrogen-bond acceptors (Lipinski definition) is 5. The second-order valence-corrected chi connectivity index (χ2v) is 7.17. The van der Waals surface area contributed by atoms with Gasteiger partial charge in [-0.3, -0.25) is 4.79 Å². The summed E-state index contributed by atoms with van der Waals surface area (Å²) in [6.07, 6.45) is 3.65. The van der Waals surface area contributed by atoms with Crippen molar-refractivity contribution in [1.82, 2.24) is 15.2 Å². The lowest BCUT2D eigenvalue weighted by Gasteiger charge is -2.04. The quantitative estimate of drug-likeness (QED) is 0.330. The number of ether oxygens (including phenoxy) is 1. The fourth-order valence-corrected chi connectivity index (χ4v) is 3.22. The van der Waals surface area contributed by atoms with E-state index in [1.807, 2.05) is 86.8 Å². The fraction of sp³-hybridized carbons (Fsp3) is 0.160. The molecule has 0 unspecified atom stereocenters. The highest BCUT2D eigenvalue weighted by atomic mass is 16.5. The van der Waals surface area contributed by atoms with Gasteiger partial charge in [-0.2, -0.15) is 10.2 Å². The number of nitrogens with one attached hydrogen (secondary N) is 1. The average Bonchev–Trinajstić information content (AvgIpc) is 3.42. The summed E-state index contributed by atoms with van der Waals surface area (Å²) in [6.45, 7) is 4.42. The highest BCUT2D eigenvalue weighted by molar-refractivity contribution is 5.89. The van der Waals surface area contributed by atoms with E-state index in [-0.39, 0.29) is 12.3 Å². The van der Waals surface area contributed by atoms with Crippen molar-refractivity contribution in [3.8, 4) is 22.9 Å². The molecule has 0 saturated heterocycles. The van der Waals surface area contributed by atoms with Crippen molar-refractivity contribution >= 4 is 12.1 Å². The molecule has 4 rings (SSSR count). The number of amides is 1. The van der Waals surface area contributed by atoms with Crippen LogP contribution >= 0.6 is 0 Å². The lowest BCUT2D eigenvalue weighted by Crippen LogP contribution is -2.19. The van der Waals surface area contributed by atoms with Gasteiger partial charge in [-0.25, -0.2) is 10.1 Å². The molecule has 0 saturated carbocycles. The standard InChI is InChI=1S/C25H24N4O3/c1-3-31-22-12-10-19(11-13-22)15-24(30)27-26-16-20-17-29(21-7-5-4-6-8-21)28-25(20)23-14-9-18(2)32-23/h4-14,16-17H,3,15H2,1-2H3,(H,27,30)/b26-16-. The van der Waals surface area contributed by atoms with E-state index >= 15 is 0 Å². The Labute approximate surface area is 186 Å². The molecule has 2 aromatic heterocycles. The number of benzene rings is 2. The van der Waals surface area contributed by atoms with Crippen molar-refractivity contribution < 1.29 is 13.9 Å². The molecule has 0 aliphatic rings. The summed E-state index contributed by atoms with van der Waals surface area (Å²) >= 11 is 0. The molecule has 0 fully saturated rings. The van der Waals surface area contributed by atoms with Crippen molar-refractivity contribution in [2.24, 2.45) is 5.10 Å². The number of para-hydroxylation sites is 1. The van der Waals surface area contributed by atoms with Crippen LogP contribution in [-0.2, 0) is 11.2 Å². The van der Waals surface area contributed by atoms with E-state index in [9.17, 15) is 4.79 Å². The summed E-state index contributed by atoms with van der Waals surface area (Å²) in [5.74, 6) is 2.00. The van der Waals surface area contributed by atoms with Gasteiger partial charge < -0.3 is 9.15 Å². The Balaban J connectivity index is 1.48. The second kappa shape index (κ2) is 9.78. The average molecular weight is 428 g/mol. The number of aryl methyl sites for hydroxylation is 1. The van der Waals surface area contributed by atoms with Crippen LogP contribution in [0.25, 0.3) is 17.1 Å². The Morgan fingerprint density at radius 2 is 1.91 bits per heavy atom. The first-order chi connectivity index (χ1) is 15.6. The Morgan fingerprint density at radius 1 is 1.12 bits per heavy atom. The number of hydrogen-bond donors (Lipinski definition) is 1. The molecule has 1 N–H and O–H groups in total. The SMILES string of the molecule is CCOc1ccc(CC(=O)N/N=C\c2cn(-c3ccccc3)nc2-c2ccc(C)o2)cc1. The minimum atomic E-state index is -0.212. The number of carbonyl (C=O) groups excluding carboxylic acids is 1. The lowest BCUT2D eigenvalue weighted by atomic mass is 10.1. The van der Waals surface area contributed by atoms with Gasteiger partial charge in [0.1, 0.15) is 17.2 Å². The van der Waals surface area contributed by atoms with Crippen molar-refractivity contribution in [3.63, 3.8) is 0 Å². The van der Waals surface area contributed by atoms with E-state index in [0.717, 1.165) is 28.3 Å². The van der Waals surface area contributed by atoms with Crippen molar-refractivity contribution in [3.05, 3.63) is 89.8 Å². The minimum absolute atomic E-state index is 0.212. The molecule has 0 aliphatic carbocycles. The van der Waals surface area contributed by atoms with Gasteiger partial charge in [0.25, 0.3) is 0 Å². The number of carbonyl (C=O) groups is 1. The highest BCUT2D eigenvalue weighted by Crippen LogP contribution is 2.24. The maximum Gasteiger partial charge on any atom is 0.244 e. The molecular weight excluding hydrogens is 404 g/mol. The Kier molecular flexibility index (Phi) is 6.46. The first kappa shape index (κ1) is 21.1. The monoisotopic (exact) mass is 428 g/mol. The number of nitrogens with zero attached hydrogens (tertiary/aromatic N) is 3. The van der Waals surface area contributed by atoms with Crippen LogP contribution in [0, 0.1) is 6.92 Å². The predicted octanol–water partition coefficient (Wildman–Crippen LogP) is 4.53. The zero-order chi connectivity index (χ0) is 22.3. The first-order valence-electron chi connectivity index (χ1n) is 10.4. The maximum absolute atomic E-state index is 12.3. The third-order valence-corrected chi connectivity index (χ3v) is 4.73. The van der Waals surface area contributed by atoms with E-state index < -0.39 is 0 Å². The normalized spacial score (nSPS) is 11.1. The van der Waals surface area contributed by atoms with Gasteiger partial charge in [0.2, 0.25) is 5.91 Å². The summed E-state index contributed by atoms with van der Waals surface area (Å²) in [4.78, 5) is 12.3. The van der Waals surface area contributed by atoms with Crippen LogP contribution in [-0.4, -0.2) is 28.5 Å². The van der Waals surface area contributed by atoms with E-state index in [4.69, 9.17) is 9.15 Å². The van der Waals surface area contributed by atoms with Crippen LogP contribution in [0.5, 0.6) is 5.75 Å². The summed E-state index contributed by atoms with van der Waals surface area (Å²) in [7, 11) is 0. The number of furan rings is 1. The van der Waals surface area contributed by atoms with Crippen LogP contribution in [0.2, 0.25) is 0 Å². The van der Waals surface area contributed by atoms with Crippen LogP contribution in [0.4, 0.5) is 0 Å². The van der Waals surface area contributed by atoms with Crippen LogP contribution in [0.3, 0.4) is 0 Å². The van der Waals surface area contributed by atoms with Crippen molar-refractivity contribution in [1.29, 1.82) is 0 Å². The van der Waals surface area contributed by atoms with E-state index in [0.29, 0.717) is 18.1 Å². The molecule has 4 aromatic rings. The van der Waals surface area contributed by atoms with Gasteiger partial charge >= 0.3 is 0 Å². The molecule has 0 radical (unpaired) electrons. The Bertz CT molecular complexity index is 1210. The molecule has 0 atom stereocenters.